The second-order valence-electron chi connectivity index (χ2n) is 8.47. The molecule has 0 saturated carbocycles. The number of amides is 1. The Hall–Kier alpha value is -2.18. The van der Waals surface area contributed by atoms with Crippen LogP contribution in [0.1, 0.15) is 61.1 Å². The third kappa shape index (κ3) is 6.67. The van der Waals surface area contributed by atoms with E-state index in [2.05, 4.69) is 42.9 Å². The maximum atomic E-state index is 12.4. The average Bonchev–Trinajstić information content (AvgIpc) is 2.68. The van der Waals surface area contributed by atoms with Gasteiger partial charge in [-0.05, 0) is 80.0 Å². The lowest BCUT2D eigenvalue weighted by molar-refractivity contribution is -0.121. The molecule has 164 valence electrons. The first-order chi connectivity index (χ1) is 14.0. The summed E-state index contributed by atoms with van der Waals surface area (Å²) < 4.78 is 27.1. The van der Waals surface area contributed by atoms with Crippen molar-refractivity contribution in [2.75, 3.05) is 6.54 Å². The Morgan fingerprint density at radius 3 is 2.13 bits per heavy atom. The molecule has 2 aromatic carbocycles. The molecule has 0 aliphatic heterocycles. The topological polar surface area (TPSA) is 75.3 Å². The van der Waals surface area contributed by atoms with Crippen LogP contribution in [0.5, 0.6) is 0 Å². The lowest BCUT2D eigenvalue weighted by atomic mass is 9.96. The summed E-state index contributed by atoms with van der Waals surface area (Å²) in [6, 6.07) is 11.0. The molecule has 0 bridgehead atoms. The molecule has 0 radical (unpaired) electrons. The molecule has 0 aliphatic rings. The number of aryl methyl sites for hydroxylation is 4. The van der Waals surface area contributed by atoms with Crippen LogP contribution in [0.15, 0.2) is 41.3 Å². The van der Waals surface area contributed by atoms with Crippen LogP contribution in [0.25, 0.3) is 0 Å². The number of sulfonamides is 1. The highest BCUT2D eigenvalue weighted by Gasteiger charge is 2.15. The fourth-order valence-corrected chi connectivity index (χ4v) is 4.51. The monoisotopic (exact) mass is 430 g/mol. The lowest BCUT2D eigenvalue weighted by Gasteiger charge is -2.18. The SMILES string of the molecule is Cc1cc(C)c([C@@H](C)NC(=O)CCc2ccc(S(=O)(=O)NCC(C)C)cc2)cc1C. The van der Waals surface area contributed by atoms with Crippen molar-refractivity contribution in [3.63, 3.8) is 0 Å². The quantitative estimate of drug-likeness (QED) is 0.621. The summed E-state index contributed by atoms with van der Waals surface area (Å²) in [6.45, 7) is 12.6. The van der Waals surface area contributed by atoms with Crippen molar-refractivity contribution >= 4 is 15.9 Å². The Morgan fingerprint density at radius 1 is 0.933 bits per heavy atom. The minimum absolute atomic E-state index is 0.0181. The molecule has 6 heteroatoms. The molecule has 1 atom stereocenters. The van der Waals surface area contributed by atoms with E-state index in [0.717, 1.165) is 11.1 Å². The second-order valence-corrected chi connectivity index (χ2v) is 10.2. The number of rotatable bonds is 9. The molecule has 0 spiro atoms. The number of carbonyl (C=O) groups is 1. The summed E-state index contributed by atoms with van der Waals surface area (Å²) in [5.74, 6) is 0.225. The van der Waals surface area contributed by atoms with Gasteiger partial charge in [0.15, 0.2) is 0 Å². The normalized spacial score (nSPS) is 12.8. The van der Waals surface area contributed by atoms with Gasteiger partial charge in [-0.1, -0.05) is 38.1 Å². The summed E-state index contributed by atoms with van der Waals surface area (Å²) in [5, 5.41) is 3.07. The average molecular weight is 431 g/mol. The molecule has 1 amide bonds. The number of hydrogen-bond donors (Lipinski definition) is 2. The minimum atomic E-state index is -3.49. The van der Waals surface area contributed by atoms with Gasteiger partial charge in [-0.3, -0.25) is 4.79 Å². The molecule has 0 aliphatic carbocycles. The maximum absolute atomic E-state index is 12.4. The summed E-state index contributed by atoms with van der Waals surface area (Å²) in [4.78, 5) is 12.7. The molecule has 5 nitrogen and oxygen atoms in total. The lowest BCUT2D eigenvalue weighted by Crippen LogP contribution is -2.27. The van der Waals surface area contributed by atoms with Crippen LogP contribution in [-0.4, -0.2) is 20.9 Å². The Morgan fingerprint density at radius 2 is 1.53 bits per heavy atom. The number of benzene rings is 2. The van der Waals surface area contributed by atoms with Crippen molar-refractivity contribution < 1.29 is 13.2 Å². The van der Waals surface area contributed by atoms with Crippen LogP contribution in [0.4, 0.5) is 0 Å². The number of hydrogen-bond acceptors (Lipinski definition) is 3. The molecule has 2 aromatic rings. The van der Waals surface area contributed by atoms with Gasteiger partial charge in [0.25, 0.3) is 0 Å². The molecule has 30 heavy (non-hydrogen) atoms. The third-order valence-corrected chi connectivity index (χ3v) is 6.72. The summed E-state index contributed by atoms with van der Waals surface area (Å²) >= 11 is 0. The zero-order chi connectivity index (χ0) is 22.5. The first kappa shape index (κ1) is 24.1. The van der Waals surface area contributed by atoms with Gasteiger partial charge in [0, 0.05) is 13.0 Å². The predicted octanol–water partition coefficient (Wildman–Crippen LogP) is 4.36. The van der Waals surface area contributed by atoms with Crippen molar-refractivity contribution in [2.45, 2.75) is 65.3 Å². The van der Waals surface area contributed by atoms with E-state index in [9.17, 15) is 13.2 Å². The van der Waals surface area contributed by atoms with Crippen LogP contribution >= 0.6 is 0 Å². The van der Waals surface area contributed by atoms with Crippen LogP contribution in [0.2, 0.25) is 0 Å². The highest BCUT2D eigenvalue weighted by Crippen LogP contribution is 2.22. The molecular formula is C24H34N2O3S. The zero-order valence-electron chi connectivity index (χ0n) is 18.9. The van der Waals surface area contributed by atoms with Gasteiger partial charge in [-0.15, -0.1) is 0 Å². The first-order valence-electron chi connectivity index (χ1n) is 10.5. The molecule has 0 unspecified atom stereocenters. The molecule has 0 saturated heterocycles. The molecular weight excluding hydrogens is 396 g/mol. The Bertz CT molecular complexity index is 980. The highest BCUT2D eigenvalue weighted by molar-refractivity contribution is 7.89. The standard InChI is InChI=1S/C24H34N2O3S/c1-16(2)15-25-30(28,29)22-10-7-21(8-11-22)9-12-24(27)26-20(6)23-14-18(4)17(3)13-19(23)5/h7-8,10-11,13-14,16,20,25H,9,12,15H2,1-6H3,(H,26,27)/t20-/m1/s1. The van der Waals surface area contributed by atoms with Crippen molar-refractivity contribution in [2.24, 2.45) is 5.92 Å². The summed E-state index contributed by atoms with van der Waals surface area (Å²) in [7, 11) is -3.49. The smallest absolute Gasteiger partial charge is 0.240 e. The fourth-order valence-electron chi connectivity index (χ4n) is 3.29. The van der Waals surface area contributed by atoms with Crippen LogP contribution in [-0.2, 0) is 21.2 Å². The largest absolute Gasteiger partial charge is 0.350 e. The second kappa shape index (κ2) is 10.2. The van der Waals surface area contributed by atoms with Gasteiger partial charge in [0.2, 0.25) is 15.9 Å². The summed E-state index contributed by atoms with van der Waals surface area (Å²) in [6.07, 6.45) is 0.913. The van der Waals surface area contributed by atoms with E-state index in [4.69, 9.17) is 0 Å². The van der Waals surface area contributed by atoms with Crippen molar-refractivity contribution in [3.05, 3.63) is 64.2 Å². The van der Waals surface area contributed by atoms with Crippen LogP contribution < -0.4 is 10.0 Å². The van der Waals surface area contributed by atoms with Crippen LogP contribution in [0, 0.1) is 26.7 Å². The number of carbonyl (C=O) groups excluding carboxylic acids is 1. The fraction of sp³-hybridized carbons (Fsp3) is 0.458. The molecule has 2 rings (SSSR count). The van der Waals surface area contributed by atoms with E-state index in [1.54, 1.807) is 24.3 Å². The summed E-state index contributed by atoms with van der Waals surface area (Å²) in [5.41, 5.74) is 5.71. The van der Waals surface area contributed by atoms with Gasteiger partial charge < -0.3 is 5.32 Å². The number of nitrogens with one attached hydrogen (secondary N) is 2. The zero-order valence-corrected chi connectivity index (χ0v) is 19.7. The Labute approximate surface area is 181 Å². The molecule has 0 heterocycles. The minimum Gasteiger partial charge on any atom is -0.350 e. The van der Waals surface area contributed by atoms with E-state index in [1.165, 1.54) is 16.7 Å². The Kier molecular flexibility index (Phi) is 8.21. The highest BCUT2D eigenvalue weighted by atomic mass is 32.2. The van der Waals surface area contributed by atoms with Crippen LogP contribution in [0.3, 0.4) is 0 Å². The van der Waals surface area contributed by atoms with Gasteiger partial charge in [-0.25, -0.2) is 13.1 Å². The molecule has 0 aromatic heterocycles. The predicted molar refractivity (Wildman–Crippen MR) is 122 cm³/mol. The van der Waals surface area contributed by atoms with Gasteiger partial charge in [0.1, 0.15) is 0 Å². The van der Waals surface area contributed by atoms with E-state index in [0.29, 0.717) is 19.4 Å². The van der Waals surface area contributed by atoms with E-state index in [1.807, 2.05) is 20.8 Å². The molecule has 0 fully saturated rings. The third-order valence-electron chi connectivity index (χ3n) is 5.28. The van der Waals surface area contributed by atoms with E-state index >= 15 is 0 Å². The molecule has 2 N–H and O–H groups in total. The van der Waals surface area contributed by atoms with Gasteiger partial charge in [-0.2, -0.15) is 0 Å². The van der Waals surface area contributed by atoms with Gasteiger partial charge >= 0.3 is 0 Å². The van der Waals surface area contributed by atoms with E-state index < -0.39 is 10.0 Å². The first-order valence-corrected chi connectivity index (χ1v) is 11.9. The van der Waals surface area contributed by atoms with Gasteiger partial charge in [0.05, 0.1) is 10.9 Å². The Balaban J connectivity index is 1.93. The van der Waals surface area contributed by atoms with E-state index in [-0.39, 0.29) is 22.8 Å². The van der Waals surface area contributed by atoms with Crippen molar-refractivity contribution in [1.82, 2.24) is 10.0 Å². The maximum Gasteiger partial charge on any atom is 0.240 e. The van der Waals surface area contributed by atoms with Crippen molar-refractivity contribution in [1.29, 1.82) is 0 Å². The van der Waals surface area contributed by atoms with Crippen molar-refractivity contribution in [3.8, 4) is 0 Å².